The van der Waals surface area contributed by atoms with E-state index in [2.05, 4.69) is 4.52 Å². The molecule has 0 aromatic heterocycles. The van der Waals surface area contributed by atoms with E-state index in [4.69, 9.17) is 9.79 Å². The Morgan fingerprint density at radius 2 is 2.20 bits per heavy atom. The number of aldehydes is 1. The van der Waals surface area contributed by atoms with Crippen LogP contribution in [-0.2, 0) is 13.9 Å². The minimum Gasteiger partial charge on any atom is -0.392 e. The molecule has 0 amide bonds. The van der Waals surface area contributed by atoms with Crippen LogP contribution in [0.2, 0.25) is 0 Å². The second-order valence-electron chi connectivity index (χ2n) is 3.55. The van der Waals surface area contributed by atoms with Crippen molar-refractivity contribution in [3.05, 3.63) is 11.6 Å². The summed E-state index contributed by atoms with van der Waals surface area (Å²) in [6, 6.07) is 0. The fraction of sp³-hybridized carbons (Fsp3) is 0.625. The van der Waals surface area contributed by atoms with Gasteiger partial charge in [-0.2, -0.15) is 0 Å². The molecule has 0 bridgehead atoms. The van der Waals surface area contributed by atoms with Crippen molar-refractivity contribution in [1.82, 2.24) is 0 Å². The molecule has 0 aromatic carbocycles. The van der Waals surface area contributed by atoms with Gasteiger partial charge >= 0.3 is 7.82 Å². The summed E-state index contributed by atoms with van der Waals surface area (Å²) in [4.78, 5) is 27.7. The second-order valence-corrected chi connectivity index (χ2v) is 4.74. The number of phosphoric acid groups is 1. The van der Waals surface area contributed by atoms with Gasteiger partial charge in [-0.25, -0.2) is 4.57 Å². The van der Waals surface area contributed by atoms with E-state index in [1.807, 2.05) is 0 Å². The first kappa shape index (κ1) is 12.5. The van der Waals surface area contributed by atoms with E-state index in [0.717, 1.165) is 0 Å². The van der Waals surface area contributed by atoms with Crippen molar-refractivity contribution in [1.29, 1.82) is 0 Å². The molecular formula is C8H13O6P. The lowest BCUT2D eigenvalue weighted by Crippen LogP contribution is -2.34. The van der Waals surface area contributed by atoms with E-state index in [1.165, 1.54) is 6.08 Å². The van der Waals surface area contributed by atoms with Crippen LogP contribution >= 0.6 is 7.82 Å². The third-order valence-corrected chi connectivity index (χ3v) is 2.88. The van der Waals surface area contributed by atoms with Gasteiger partial charge in [0.2, 0.25) is 0 Å². The molecule has 0 saturated carbocycles. The van der Waals surface area contributed by atoms with Gasteiger partial charge in [-0.05, 0) is 11.6 Å². The van der Waals surface area contributed by atoms with Gasteiger partial charge in [-0.3, -0.25) is 9.32 Å². The fourth-order valence-electron chi connectivity index (χ4n) is 1.45. The lowest BCUT2D eigenvalue weighted by molar-refractivity contribution is -0.105. The van der Waals surface area contributed by atoms with E-state index in [9.17, 15) is 14.5 Å². The Bertz CT molecular complexity index is 319. The number of carbonyl (C=O) groups excluding carboxylic acids is 1. The minimum absolute atomic E-state index is 0.186. The van der Waals surface area contributed by atoms with Gasteiger partial charge in [-0.15, -0.1) is 0 Å². The van der Waals surface area contributed by atoms with Crippen LogP contribution in [0.5, 0.6) is 0 Å². The van der Waals surface area contributed by atoms with Gasteiger partial charge in [0.1, 0.15) is 6.29 Å². The molecule has 86 valence electrons. The molecule has 3 atom stereocenters. The molecule has 0 heterocycles. The van der Waals surface area contributed by atoms with E-state index in [1.54, 1.807) is 6.92 Å². The quantitative estimate of drug-likeness (QED) is 0.470. The Morgan fingerprint density at radius 1 is 1.60 bits per heavy atom. The Balaban J connectivity index is 2.85. The normalized spacial score (nSPS) is 32.3. The van der Waals surface area contributed by atoms with Crippen molar-refractivity contribution in [3.63, 3.8) is 0 Å². The summed E-state index contributed by atoms with van der Waals surface area (Å²) < 4.78 is 15.1. The van der Waals surface area contributed by atoms with Crippen LogP contribution in [-0.4, -0.2) is 33.4 Å². The first-order chi connectivity index (χ1) is 6.83. The predicted octanol–water partition coefficient (Wildman–Crippen LogP) is -0.00970. The van der Waals surface area contributed by atoms with Crippen molar-refractivity contribution in [2.75, 3.05) is 0 Å². The summed E-state index contributed by atoms with van der Waals surface area (Å²) in [6.45, 7) is 1.60. The first-order valence-electron chi connectivity index (χ1n) is 4.41. The number of aliphatic hydroxyl groups is 1. The lowest BCUT2D eigenvalue weighted by Gasteiger charge is -2.30. The maximum absolute atomic E-state index is 10.6. The van der Waals surface area contributed by atoms with Crippen molar-refractivity contribution in [2.45, 2.75) is 25.6 Å². The Labute approximate surface area is 86.8 Å². The summed E-state index contributed by atoms with van der Waals surface area (Å²) in [5, 5.41) is 9.51. The van der Waals surface area contributed by atoms with Gasteiger partial charge < -0.3 is 14.9 Å². The summed E-state index contributed by atoms with van der Waals surface area (Å²) in [5.41, 5.74) is 0.291. The zero-order valence-corrected chi connectivity index (χ0v) is 9.00. The number of hydrogen-bond donors (Lipinski definition) is 3. The third-order valence-electron chi connectivity index (χ3n) is 2.36. The van der Waals surface area contributed by atoms with Crippen LogP contribution in [0.25, 0.3) is 0 Å². The average molecular weight is 236 g/mol. The van der Waals surface area contributed by atoms with E-state index in [-0.39, 0.29) is 6.42 Å². The van der Waals surface area contributed by atoms with Gasteiger partial charge in [0, 0.05) is 12.3 Å². The van der Waals surface area contributed by atoms with Gasteiger partial charge in [0.15, 0.2) is 0 Å². The smallest absolute Gasteiger partial charge is 0.392 e. The first-order valence-corrected chi connectivity index (χ1v) is 5.94. The standard InChI is InChI=1S/C8H13O6P/c1-5-7(10)2-6(4-9)3-8(5)14-15(11,12)13/h3-5,7-8,10H,2H2,1H3,(H2,11,12,13). The molecule has 0 saturated heterocycles. The molecule has 0 radical (unpaired) electrons. The highest BCUT2D eigenvalue weighted by atomic mass is 31.2. The number of hydrogen-bond acceptors (Lipinski definition) is 4. The molecule has 15 heavy (non-hydrogen) atoms. The summed E-state index contributed by atoms with van der Waals surface area (Å²) in [7, 11) is -4.61. The SMILES string of the molecule is CC1C(O)CC(C=O)=CC1OP(=O)(O)O. The van der Waals surface area contributed by atoms with E-state index < -0.39 is 25.9 Å². The molecular weight excluding hydrogens is 223 g/mol. The maximum Gasteiger partial charge on any atom is 0.470 e. The number of phosphoric ester groups is 1. The van der Waals surface area contributed by atoms with Crippen molar-refractivity contribution >= 4 is 14.1 Å². The van der Waals surface area contributed by atoms with Crippen LogP contribution in [0.1, 0.15) is 13.3 Å². The predicted molar refractivity (Wildman–Crippen MR) is 50.9 cm³/mol. The molecule has 1 aliphatic rings. The van der Waals surface area contributed by atoms with Crippen LogP contribution in [0, 0.1) is 5.92 Å². The summed E-state index contributed by atoms with van der Waals surface area (Å²) in [5.74, 6) is -0.457. The van der Waals surface area contributed by atoms with Gasteiger partial charge in [0.25, 0.3) is 0 Å². The minimum atomic E-state index is -4.61. The maximum atomic E-state index is 10.6. The largest absolute Gasteiger partial charge is 0.470 e. The monoisotopic (exact) mass is 236 g/mol. The van der Waals surface area contributed by atoms with Crippen LogP contribution in [0.15, 0.2) is 11.6 Å². The van der Waals surface area contributed by atoms with Crippen LogP contribution in [0.4, 0.5) is 0 Å². The average Bonchev–Trinajstić information content (AvgIpc) is 2.10. The molecule has 0 spiro atoms. The molecule has 7 heteroatoms. The van der Waals surface area contributed by atoms with Gasteiger partial charge in [0.05, 0.1) is 12.2 Å². The Hall–Kier alpha value is -0.520. The number of rotatable bonds is 3. The highest BCUT2D eigenvalue weighted by Crippen LogP contribution is 2.41. The van der Waals surface area contributed by atoms with Crippen LogP contribution in [0.3, 0.4) is 0 Å². The molecule has 6 nitrogen and oxygen atoms in total. The summed E-state index contributed by atoms with van der Waals surface area (Å²) >= 11 is 0. The zero-order valence-electron chi connectivity index (χ0n) is 8.11. The number of aliphatic hydroxyl groups excluding tert-OH is 1. The molecule has 0 aliphatic heterocycles. The highest BCUT2D eigenvalue weighted by molar-refractivity contribution is 7.46. The molecule has 1 aliphatic carbocycles. The van der Waals surface area contributed by atoms with Crippen molar-refractivity contribution in [2.24, 2.45) is 5.92 Å². The fourth-order valence-corrected chi connectivity index (χ4v) is 2.02. The third kappa shape index (κ3) is 3.52. The molecule has 1 rings (SSSR count). The van der Waals surface area contributed by atoms with Gasteiger partial charge in [-0.1, -0.05) is 6.92 Å². The topological polar surface area (TPSA) is 104 Å². The molecule has 0 fully saturated rings. The number of carbonyl (C=O) groups is 1. The van der Waals surface area contributed by atoms with Crippen LogP contribution < -0.4 is 0 Å². The van der Waals surface area contributed by atoms with Crippen molar-refractivity contribution < 1.29 is 28.8 Å². The highest BCUT2D eigenvalue weighted by Gasteiger charge is 2.33. The van der Waals surface area contributed by atoms with E-state index >= 15 is 0 Å². The molecule has 3 N–H and O–H groups in total. The lowest BCUT2D eigenvalue weighted by atomic mass is 9.86. The zero-order chi connectivity index (χ0) is 11.6. The van der Waals surface area contributed by atoms with E-state index in [0.29, 0.717) is 11.9 Å². The van der Waals surface area contributed by atoms with Crippen molar-refractivity contribution in [3.8, 4) is 0 Å². The Kier molecular flexibility index (Phi) is 3.81. The molecule has 0 aromatic rings. The Morgan fingerprint density at radius 3 is 2.67 bits per heavy atom. The molecule has 3 unspecified atom stereocenters. The second kappa shape index (κ2) is 4.55. The summed E-state index contributed by atoms with van der Waals surface area (Å²) in [6.07, 6.45) is 0.307.